The molecule has 0 aliphatic carbocycles. The number of benzene rings is 1. The monoisotopic (exact) mass is 357 g/mol. The molecule has 0 bridgehead atoms. The number of nitrogens with one attached hydrogen (secondary N) is 2. The van der Waals surface area contributed by atoms with Gasteiger partial charge in [-0.05, 0) is 50.1 Å². The lowest BCUT2D eigenvalue weighted by Crippen LogP contribution is -2.32. The largest absolute Gasteiger partial charge is 0.371 e. The highest BCUT2D eigenvalue weighted by molar-refractivity contribution is 5.91. The number of piperidine rings is 1. The number of H-pyrrole nitrogens is 2. The van der Waals surface area contributed by atoms with Gasteiger partial charge in [0.05, 0.1) is 5.69 Å². The molecule has 2 N–H and O–H groups in total. The van der Waals surface area contributed by atoms with E-state index in [1.807, 2.05) is 18.5 Å². The van der Waals surface area contributed by atoms with Crippen LogP contribution in [-0.4, -0.2) is 33.3 Å². The molecule has 136 valence electrons. The van der Waals surface area contributed by atoms with Gasteiger partial charge in [-0.1, -0.05) is 17.7 Å². The predicted molar refractivity (Wildman–Crippen MR) is 109 cm³/mol. The molecule has 0 spiro atoms. The van der Waals surface area contributed by atoms with E-state index in [2.05, 4.69) is 68.4 Å². The van der Waals surface area contributed by atoms with Gasteiger partial charge in [0.2, 0.25) is 0 Å². The van der Waals surface area contributed by atoms with E-state index in [9.17, 15) is 0 Å². The second kappa shape index (κ2) is 6.58. The van der Waals surface area contributed by atoms with Gasteiger partial charge in [0.25, 0.3) is 0 Å². The minimum atomic E-state index is 0.538. The van der Waals surface area contributed by atoms with Crippen LogP contribution in [0.2, 0.25) is 0 Å². The summed E-state index contributed by atoms with van der Waals surface area (Å²) < 4.78 is 0. The Morgan fingerprint density at radius 1 is 1.04 bits per heavy atom. The molecule has 0 unspecified atom stereocenters. The predicted octanol–water partition coefficient (Wildman–Crippen LogP) is 4.65. The summed E-state index contributed by atoms with van der Waals surface area (Å²) in [5, 5.41) is 9.01. The maximum absolute atomic E-state index is 4.60. The lowest BCUT2D eigenvalue weighted by molar-refractivity contribution is 0.495. The number of hydrogen-bond acceptors (Lipinski definition) is 3. The van der Waals surface area contributed by atoms with Crippen LogP contribution in [0.15, 0.2) is 54.9 Å². The number of aryl methyl sites for hydroxylation is 1. The van der Waals surface area contributed by atoms with Crippen molar-refractivity contribution in [1.29, 1.82) is 0 Å². The van der Waals surface area contributed by atoms with E-state index >= 15 is 0 Å². The van der Waals surface area contributed by atoms with Gasteiger partial charge in [-0.3, -0.25) is 5.10 Å². The Balaban J connectivity index is 1.32. The smallest absolute Gasteiger partial charge is 0.137 e. The Kier molecular flexibility index (Phi) is 3.93. The van der Waals surface area contributed by atoms with Gasteiger partial charge in [0.1, 0.15) is 5.65 Å². The van der Waals surface area contributed by atoms with Gasteiger partial charge < -0.3 is 9.88 Å². The van der Waals surface area contributed by atoms with Crippen molar-refractivity contribution >= 4 is 16.7 Å². The molecule has 0 radical (unpaired) electrons. The number of pyridine rings is 1. The van der Waals surface area contributed by atoms with Crippen LogP contribution >= 0.6 is 0 Å². The molecule has 5 rings (SSSR count). The van der Waals surface area contributed by atoms with Gasteiger partial charge in [0, 0.05) is 53.7 Å². The lowest BCUT2D eigenvalue weighted by atomic mass is 9.92. The van der Waals surface area contributed by atoms with Crippen molar-refractivity contribution < 1.29 is 0 Å². The molecule has 1 saturated heterocycles. The molecule has 1 fully saturated rings. The molecule has 0 atom stereocenters. The van der Waals surface area contributed by atoms with E-state index in [-0.39, 0.29) is 0 Å². The van der Waals surface area contributed by atoms with E-state index in [4.69, 9.17) is 0 Å². The third-order valence-corrected chi connectivity index (χ3v) is 5.67. The van der Waals surface area contributed by atoms with Crippen molar-refractivity contribution in [2.45, 2.75) is 25.7 Å². The molecule has 5 nitrogen and oxygen atoms in total. The number of hydrogen-bond donors (Lipinski definition) is 2. The van der Waals surface area contributed by atoms with Crippen molar-refractivity contribution in [1.82, 2.24) is 20.2 Å². The minimum absolute atomic E-state index is 0.538. The highest BCUT2D eigenvalue weighted by Gasteiger charge is 2.23. The minimum Gasteiger partial charge on any atom is -0.371 e. The quantitative estimate of drug-likeness (QED) is 0.561. The summed E-state index contributed by atoms with van der Waals surface area (Å²) in [4.78, 5) is 10.0. The van der Waals surface area contributed by atoms with Crippen LogP contribution in [0.3, 0.4) is 0 Å². The molecule has 27 heavy (non-hydrogen) atoms. The fourth-order valence-electron chi connectivity index (χ4n) is 4.07. The summed E-state index contributed by atoms with van der Waals surface area (Å²) in [6.07, 6.45) is 6.05. The number of aromatic amines is 2. The molecule has 1 aliphatic rings. The Labute approximate surface area is 158 Å². The Bertz CT molecular complexity index is 1050. The molecule has 4 heterocycles. The molecular weight excluding hydrogens is 334 g/mol. The summed E-state index contributed by atoms with van der Waals surface area (Å²) in [7, 11) is 0. The average Bonchev–Trinajstić information content (AvgIpc) is 3.38. The molecule has 0 amide bonds. The van der Waals surface area contributed by atoms with Crippen LogP contribution in [0.4, 0.5) is 5.69 Å². The normalized spacial score (nSPS) is 15.5. The van der Waals surface area contributed by atoms with Gasteiger partial charge in [0.15, 0.2) is 0 Å². The molecule has 5 heteroatoms. The maximum atomic E-state index is 4.60. The molecule has 4 aromatic rings. The Morgan fingerprint density at radius 2 is 1.85 bits per heavy atom. The standard InChI is InChI=1S/C22H23N5/c1-15-2-4-17(5-3-15)27-12-8-16(9-13-27)20-14-21(26-25-20)18-6-10-23-22-19(18)7-11-24-22/h2-7,10-11,14,16H,8-9,12-13H2,1H3,(H,23,24)(H,25,26). The first-order valence-electron chi connectivity index (χ1n) is 9.57. The number of rotatable bonds is 3. The maximum Gasteiger partial charge on any atom is 0.137 e. The lowest BCUT2D eigenvalue weighted by Gasteiger charge is -2.33. The number of fused-ring (bicyclic) bond motifs is 1. The van der Waals surface area contributed by atoms with Crippen molar-refractivity contribution in [2.75, 3.05) is 18.0 Å². The third kappa shape index (κ3) is 2.99. The van der Waals surface area contributed by atoms with E-state index in [0.717, 1.165) is 48.2 Å². The highest BCUT2D eigenvalue weighted by Crippen LogP contribution is 2.32. The van der Waals surface area contributed by atoms with Crippen molar-refractivity contribution in [3.05, 3.63) is 66.1 Å². The van der Waals surface area contributed by atoms with Gasteiger partial charge >= 0.3 is 0 Å². The van der Waals surface area contributed by atoms with Crippen LogP contribution < -0.4 is 4.90 Å². The van der Waals surface area contributed by atoms with Crippen LogP contribution in [0.5, 0.6) is 0 Å². The SMILES string of the molecule is Cc1ccc(N2CCC(c3cc(-c4ccnc5[nH]ccc45)n[nH]3)CC2)cc1. The van der Waals surface area contributed by atoms with Crippen molar-refractivity contribution in [2.24, 2.45) is 0 Å². The summed E-state index contributed by atoms with van der Waals surface area (Å²) >= 11 is 0. The first-order valence-corrected chi connectivity index (χ1v) is 9.57. The summed E-state index contributed by atoms with van der Waals surface area (Å²) in [5.74, 6) is 0.538. The van der Waals surface area contributed by atoms with Crippen LogP contribution in [0, 0.1) is 6.92 Å². The zero-order valence-corrected chi connectivity index (χ0v) is 15.4. The molecule has 1 aromatic carbocycles. The van der Waals surface area contributed by atoms with Crippen molar-refractivity contribution in [3.8, 4) is 11.3 Å². The zero-order valence-electron chi connectivity index (χ0n) is 15.4. The van der Waals surface area contributed by atoms with E-state index in [1.54, 1.807) is 0 Å². The summed E-state index contributed by atoms with van der Waals surface area (Å²) in [6, 6.07) is 15.2. The summed E-state index contributed by atoms with van der Waals surface area (Å²) in [5.41, 5.74) is 6.92. The number of nitrogens with zero attached hydrogens (tertiary/aromatic N) is 3. The summed E-state index contributed by atoms with van der Waals surface area (Å²) in [6.45, 7) is 4.30. The second-order valence-electron chi connectivity index (χ2n) is 7.40. The first kappa shape index (κ1) is 16.1. The van der Waals surface area contributed by atoms with Crippen LogP contribution in [0.25, 0.3) is 22.3 Å². The van der Waals surface area contributed by atoms with Gasteiger partial charge in [-0.25, -0.2) is 4.98 Å². The van der Waals surface area contributed by atoms with E-state index in [0.29, 0.717) is 5.92 Å². The van der Waals surface area contributed by atoms with Crippen LogP contribution in [0.1, 0.15) is 30.0 Å². The third-order valence-electron chi connectivity index (χ3n) is 5.67. The molecule has 3 aromatic heterocycles. The average molecular weight is 357 g/mol. The Morgan fingerprint density at radius 3 is 2.67 bits per heavy atom. The molecule has 1 aliphatic heterocycles. The fourth-order valence-corrected chi connectivity index (χ4v) is 4.07. The highest BCUT2D eigenvalue weighted by atomic mass is 15.1. The second-order valence-corrected chi connectivity index (χ2v) is 7.40. The van der Waals surface area contributed by atoms with Crippen LogP contribution in [-0.2, 0) is 0 Å². The van der Waals surface area contributed by atoms with Gasteiger partial charge in [-0.2, -0.15) is 5.10 Å². The Hall–Kier alpha value is -3.08. The number of aromatic nitrogens is 4. The van der Waals surface area contributed by atoms with E-state index in [1.165, 1.54) is 16.9 Å². The van der Waals surface area contributed by atoms with E-state index < -0.39 is 0 Å². The van der Waals surface area contributed by atoms with Crippen molar-refractivity contribution in [3.63, 3.8) is 0 Å². The topological polar surface area (TPSA) is 60.6 Å². The number of anilines is 1. The fraction of sp³-hybridized carbons (Fsp3) is 0.273. The molecular formula is C22H23N5. The molecule has 0 saturated carbocycles. The zero-order chi connectivity index (χ0) is 18.2. The van der Waals surface area contributed by atoms with Gasteiger partial charge in [-0.15, -0.1) is 0 Å². The first-order chi connectivity index (χ1) is 13.3.